The van der Waals surface area contributed by atoms with Gasteiger partial charge in [0, 0.05) is 18.3 Å². The van der Waals surface area contributed by atoms with E-state index in [-0.39, 0.29) is 17.6 Å². The molecule has 0 radical (unpaired) electrons. The van der Waals surface area contributed by atoms with E-state index in [0.29, 0.717) is 24.4 Å². The molecule has 0 bridgehead atoms. The van der Waals surface area contributed by atoms with Crippen LogP contribution in [-0.4, -0.2) is 39.1 Å². The van der Waals surface area contributed by atoms with Crippen molar-refractivity contribution < 1.29 is 9.53 Å². The zero-order valence-corrected chi connectivity index (χ0v) is 18.1. The summed E-state index contributed by atoms with van der Waals surface area (Å²) < 4.78 is 5.95. The van der Waals surface area contributed by atoms with Crippen molar-refractivity contribution in [1.82, 2.24) is 15.0 Å². The third-order valence-electron chi connectivity index (χ3n) is 3.84. The van der Waals surface area contributed by atoms with Gasteiger partial charge in [0.2, 0.25) is 17.8 Å². The predicted molar refractivity (Wildman–Crippen MR) is 116 cm³/mol. The van der Waals surface area contributed by atoms with E-state index >= 15 is 0 Å². The van der Waals surface area contributed by atoms with Crippen LogP contribution in [0.5, 0.6) is 0 Å². The van der Waals surface area contributed by atoms with E-state index < -0.39 is 0 Å². The van der Waals surface area contributed by atoms with Gasteiger partial charge in [-0.3, -0.25) is 4.79 Å². The van der Waals surface area contributed by atoms with Crippen LogP contribution in [0.1, 0.15) is 48.0 Å². The number of nitrogens with zero attached hydrogens (tertiary/aromatic N) is 3. The van der Waals surface area contributed by atoms with Crippen LogP contribution in [0.15, 0.2) is 30.6 Å². The number of carbonyl (C=O) groups excluding carboxylic acids is 1. The Kier molecular flexibility index (Phi) is 7.90. The molecule has 2 aromatic rings. The van der Waals surface area contributed by atoms with Crippen LogP contribution in [0.2, 0.25) is 0 Å². The Balaban J connectivity index is 2.03. The number of carbonyl (C=O) groups is 1. The van der Waals surface area contributed by atoms with E-state index in [1.165, 1.54) is 13.3 Å². The van der Waals surface area contributed by atoms with Crippen LogP contribution in [0.3, 0.4) is 0 Å². The van der Waals surface area contributed by atoms with Crippen molar-refractivity contribution in [3.05, 3.63) is 30.6 Å². The van der Waals surface area contributed by atoms with Crippen molar-refractivity contribution in [2.75, 3.05) is 22.6 Å². The summed E-state index contributed by atoms with van der Waals surface area (Å²) in [5.74, 6) is 1.35. The SMILES string of the molecule is CC(=O)Nc1ccc(Nc2ncnc(N[C@H](COC(C)(C)C)CC(C)C)n2)cc1. The number of anilines is 4. The lowest BCUT2D eigenvalue weighted by molar-refractivity contribution is -0.114. The van der Waals surface area contributed by atoms with Crippen molar-refractivity contribution in [3.63, 3.8) is 0 Å². The normalized spacial score (nSPS) is 12.5. The van der Waals surface area contributed by atoms with Gasteiger partial charge in [0.05, 0.1) is 18.2 Å². The van der Waals surface area contributed by atoms with Crippen molar-refractivity contribution in [2.45, 2.75) is 59.6 Å². The molecule has 1 aromatic carbocycles. The Bertz CT molecular complexity index is 787. The summed E-state index contributed by atoms with van der Waals surface area (Å²) in [6, 6.07) is 7.42. The van der Waals surface area contributed by atoms with Gasteiger partial charge in [-0.05, 0) is 57.4 Å². The van der Waals surface area contributed by atoms with Gasteiger partial charge >= 0.3 is 0 Å². The predicted octanol–water partition coefficient (Wildman–Crippen LogP) is 4.22. The van der Waals surface area contributed by atoms with Gasteiger partial charge in [-0.15, -0.1) is 0 Å². The standard InChI is InChI=1S/C21H32N6O2/c1-14(2)11-18(12-29-21(4,5)6)26-20-23-13-22-19(27-20)25-17-9-7-16(8-10-17)24-15(3)28/h7-10,13-14,18H,11-12H2,1-6H3,(H,24,28)(H2,22,23,25,26,27)/t18-/m0/s1. The molecule has 0 aliphatic rings. The lowest BCUT2D eigenvalue weighted by Gasteiger charge is -2.26. The molecule has 1 amide bonds. The molecule has 0 unspecified atom stereocenters. The highest BCUT2D eigenvalue weighted by Gasteiger charge is 2.18. The maximum Gasteiger partial charge on any atom is 0.231 e. The zero-order valence-electron chi connectivity index (χ0n) is 18.1. The van der Waals surface area contributed by atoms with Crippen molar-refractivity contribution in [2.24, 2.45) is 5.92 Å². The average molecular weight is 401 g/mol. The first-order valence-corrected chi connectivity index (χ1v) is 9.85. The van der Waals surface area contributed by atoms with Gasteiger partial charge in [-0.2, -0.15) is 4.98 Å². The monoisotopic (exact) mass is 400 g/mol. The fourth-order valence-electron chi connectivity index (χ4n) is 2.67. The molecule has 0 saturated carbocycles. The molecular formula is C21H32N6O2. The van der Waals surface area contributed by atoms with Crippen LogP contribution in [0.25, 0.3) is 0 Å². The molecule has 0 spiro atoms. The Labute approximate surface area is 172 Å². The lowest BCUT2D eigenvalue weighted by atomic mass is 10.0. The van der Waals surface area contributed by atoms with Gasteiger partial charge in [0.25, 0.3) is 0 Å². The topological polar surface area (TPSA) is 101 Å². The first-order valence-electron chi connectivity index (χ1n) is 9.85. The summed E-state index contributed by atoms with van der Waals surface area (Å²) in [5.41, 5.74) is 1.34. The minimum atomic E-state index is -0.202. The van der Waals surface area contributed by atoms with E-state index in [9.17, 15) is 4.79 Å². The smallest absolute Gasteiger partial charge is 0.231 e. The summed E-state index contributed by atoms with van der Waals surface area (Å²) >= 11 is 0. The van der Waals surface area contributed by atoms with Crippen LogP contribution in [0, 0.1) is 5.92 Å². The second-order valence-electron chi connectivity index (χ2n) is 8.41. The highest BCUT2D eigenvalue weighted by Crippen LogP contribution is 2.18. The molecule has 0 saturated heterocycles. The molecule has 3 N–H and O–H groups in total. The summed E-state index contributed by atoms with van der Waals surface area (Å²) in [4.78, 5) is 24.0. The number of nitrogens with one attached hydrogen (secondary N) is 3. The quantitative estimate of drug-likeness (QED) is 0.579. The molecule has 29 heavy (non-hydrogen) atoms. The van der Waals surface area contributed by atoms with Crippen molar-refractivity contribution in [3.8, 4) is 0 Å². The Morgan fingerprint density at radius 2 is 1.69 bits per heavy atom. The van der Waals surface area contributed by atoms with Crippen LogP contribution >= 0.6 is 0 Å². The largest absolute Gasteiger partial charge is 0.374 e. The maximum atomic E-state index is 11.1. The number of rotatable bonds is 9. The summed E-state index contributed by atoms with van der Waals surface area (Å²) in [6.07, 6.45) is 2.41. The third kappa shape index (κ3) is 8.87. The lowest BCUT2D eigenvalue weighted by Crippen LogP contribution is -2.33. The fraction of sp³-hybridized carbons (Fsp3) is 0.524. The van der Waals surface area contributed by atoms with E-state index in [0.717, 1.165) is 17.8 Å². The molecule has 8 heteroatoms. The van der Waals surface area contributed by atoms with Gasteiger partial charge in [-0.1, -0.05) is 13.8 Å². The molecule has 0 fully saturated rings. The average Bonchev–Trinajstić information content (AvgIpc) is 2.60. The number of aromatic nitrogens is 3. The van der Waals surface area contributed by atoms with Crippen molar-refractivity contribution >= 4 is 29.2 Å². The van der Waals surface area contributed by atoms with E-state index in [2.05, 4.69) is 44.7 Å². The third-order valence-corrected chi connectivity index (χ3v) is 3.84. The molecule has 0 aliphatic heterocycles. The zero-order chi connectivity index (χ0) is 21.4. The minimum Gasteiger partial charge on any atom is -0.374 e. The first-order chi connectivity index (χ1) is 13.6. The number of amides is 1. The van der Waals surface area contributed by atoms with Gasteiger partial charge in [0.1, 0.15) is 6.33 Å². The van der Waals surface area contributed by atoms with Crippen molar-refractivity contribution in [1.29, 1.82) is 0 Å². The summed E-state index contributed by atoms with van der Waals surface area (Å²) in [5, 5.41) is 9.25. The molecule has 1 atom stereocenters. The fourth-order valence-corrected chi connectivity index (χ4v) is 2.67. The molecule has 1 aromatic heterocycles. The van der Waals surface area contributed by atoms with Gasteiger partial charge in [-0.25, -0.2) is 9.97 Å². The summed E-state index contributed by atoms with van der Waals surface area (Å²) in [6.45, 7) is 12.5. The number of benzene rings is 1. The number of hydrogen-bond donors (Lipinski definition) is 3. The molecule has 8 nitrogen and oxygen atoms in total. The van der Waals surface area contributed by atoms with E-state index in [1.807, 2.05) is 45.0 Å². The van der Waals surface area contributed by atoms with Crippen LogP contribution in [0.4, 0.5) is 23.3 Å². The molecule has 0 aliphatic carbocycles. The van der Waals surface area contributed by atoms with Gasteiger partial charge < -0.3 is 20.7 Å². The maximum absolute atomic E-state index is 11.1. The number of ether oxygens (including phenoxy) is 1. The Morgan fingerprint density at radius 3 is 2.28 bits per heavy atom. The Hall–Kier alpha value is -2.74. The van der Waals surface area contributed by atoms with E-state index in [4.69, 9.17) is 4.74 Å². The highest BCUT2D eigenvalue weighted by atomic mass is 16.5. The van der Waals surface area contributed by atoms with Crippen LogP contribution in [-0.2, 0) is 9.53 Å². The minimum absolute atomic E-state index is 0.0985. The molecule has 1 heterocycles. The second-order valence-corrected chi connectivity index (χ2v) is 8.41. The van der Waals surface area contributed by atoms with E-state index in [1.54, 1.807) is 0 Å². The number of hydrogen-bond acceptors (Lipinski definition) is 7. The molecular weight excluding hydrogens is 368 g/mol. The molecule has 2 rings (SSSR count). The Morgan fingerprint density at radius 1 is 1.07 bits per heavy atom. The van der Waals surface area contributed by atoms with Crippen LogP contribution < -0.4 is 16.0 Å². The summed E-state index contributed by atoms with van der Waals surface area (Å²) in [7, 11) is 0. The first kappa shape index (κ1) is 22.5. The molecule has 158 valence electrons. The second kappa shape index (κ2) is 10.2. The highest BCUT2D eigenvalue weighted by molar-refractivity contribution is 5.88. The van der Waals surface area contributed by atoms with Gasteiger partial charge in [0.15, 0.2) is 0 Å².